The Labute approximate surface area is 138 Å². The summed E-state index contributed by atoms with van der Waals surface area (Å²) in [7, 11) is 3.20. The lowest BCUT2D eigenvalue weighted by atomic mass is 10.1. The van der Waals surface area contributed by atoms with E-state index in [1.807, 2.05) is 31.4 Å². The molecule has 0 atom stereocenters. The molecule has 0 saturated heterocycles. The molecule has 5 nitrogen and oxygen atoms in total. The molecule has 0 fully saturated rings. The molecule has 0 aliphatic heterocycles. The molecule has 0 aliphatic carbocycles. The number of nitrogens with one attached hydrogen (secondary N) is 1. The van der Waals surface area contributed by atoms with E-state index >= 15 is 0 Å². The summed E-state index contributed by atoms with van der Waals surface area (Å²) in [6.07, 6.45) is 1.89. The Balaban J connectivity index is 2.29. The number of aryl methyl sites for hydroxylation is 1. The van der Waals surface area contributed by atoms with Crippen LogP contribution in [0.3, 0.4) is 0 Å². The summed E-state index contributed by atoms with van der Waals surface area (Å²) < 4.78 is 10.6. The fourth-order valence-electron chi connectivity index (χ4n) is 1.99. The maximum absolute atomic E-state index is 11.7. The van der Waals surface area contributed by atoms with Gasteiger partial charge in [0.15, 0.2) is 16.6 Å². The highest BCUT2D eigenvalue weighted by atomic mass is 32.2. The van der Waals surface area contributed by atoms with E-state index in [1.165, 1.54) is 23.1 Å². The van der Waals surface area contributed by atoms with E-state index in [9.17, 15) is 4.79 Å². The first kappa shape index (κ1) is 16.6. The number of anilines is 1. The van der Waals surface area contributed by atoms with E-state index in [-0.39, 0.29) is 5.91 Å². The highest BCUT2D eigenvalue weighted by Crippen LogP contribution is 2.35. The molecule has 0 saturated carbocycles. The molecule has 1 amide bonds. The van der Waals surface area contributed by atoms with E-state index < -0.39 is 0 Å². The molecule has 0 bridgehead atoms. The standard InChI is InChI=1S/C15H18N2O3S2/c1-9-14(17-15(22-9)16-13(18)8-21-4)10-5-6-11(19-2)12(7-10)20-3/h5-7H,8H2,1-4H3,(H,16,17,18). The minimum Gasteiger partial charge on any atom is -0.493 e. The fraction of sp³-hybridized carbons (Fsp3) is 0.333. The zero-order valence-corrected chi connectivity index (χ0v) is 14.6. The molecular formula is C15H18N2O3S2. The van der Waals surface area contributed by atoms with Crippen molar-refractivity contribution < 1.29 is 14.3 Å². The molecule has 0 unspecified atom stereocenters. The number of nitrogens with zero attached hydrogens (tertiary/aromatic N) is 1. The van der Waals surface area contributed by atoms with Gasteiger partial charge in [0.2, 0.25) is 5.91 Å². The second-order valence-electron chi connectivity index (χ2n) is 4.47. The Kier molecular flexibility index (Phi) is 5.68. The fourth-order valence-corrected chi connectivity index (χ4v) is 3.17. The minimum atomic E-state index is -0.0416. The Bertz CT molecular complexity index is 671. The molecule has 1 aromatic heterocycles. The number of methoxy groups -OCH3 is 2. The van der Waals surface area contributed by atoms with Gasteiger partial charge in [-0.3, -0.25) is 4.79 Å². The van der Waals surface area contributed by atoms with Gasteiger partial charge in [-0.05, 0) is 31.4 Å². The van der Waals surface area contributed by atoms with Gasteiger partial charge in [-0.15, -0.1) is 11.3 Å². The number of hydrogen-bond donors (Lipinski definition) is 1. The average Bonchev–Trinajstić information content (AvgIpc) is 2.87. The van der Waals surface area contributed by atoms with E-state index in [0.29, 0.717) is 22.4 Å². The van der Waals surface area contributed by atoms with Crippen LogP contribution in [0.25, 0.3) is 11.3 Å². The molecule has 2 rings (SSSR count). The quantitative estimate of drug-likeness (QED) is 0.874. The van der Waals surface area contributed by atoms with E-state index in [1.54, 1.807) is 14.2 Å². The molecule has 118 valence electrons. The number of thiazole rings is 1. The van der Waals surface area contributed by atoms with E-state index in [4.69, 9.17) is 9.47 Å². The lowest BCUT2D eigenvalue weighted by molar-refractivity contribution is -0.113. The molecule has 2 aromatic rings. The molecule has 0 aliphatic rings. The second-order valence-corrected chi connectivity index (χ2v) is 6.54. The van der Waals surface area contributed by atoms with Gasteiger partial charge in [0.1, 0.15) is 0 Å². The maximum atomic E-state index is 11.7. The summed E-state index contributed by atoms with van der Waals surface area (Å²) in [6, 6.07) is 5.66. The van der Waals surface area contributed by atoms with Gasteiger partial charge in [0.05, 0.1) is 25.7 Å². The van der Waals surface area contributed by atoms with Gasteiger partial charge in [0.25, 0.3) is 0 Å². The monoisotopic (exact) mass is 338 g/mol. The van der Waals surface area contributed by atoms with Crippen LogP contribution in [-0.4, -0.2) is 37.1 Å². The number of ether oxygens (including phenoxy) is 2. The topological polar surface area (TPSA) is 60.5 Å². The SMILES string of the molecule is COc1ccc(-c2nc(NC(=O)CSC)sc2C)cc1OC. The van der Waals surface area contributed by atoms with Gasteiger partial charge in [-0.2, -0.15) is 11.8 Å². The molecule has 0 radical (unpaired) electrons. The van der Waals surface area contributed by atoms with Crippen LogP contribution in [0.5, 0.6) is 11.5 Å². The number of amides is 1. The van der Waals surface area contributed by atoms with E-state index in [2.05, 4.69) is 10.3 Å². The van der Waals surface area contributed by atoms with Crippen LogP contribution in [0.2, 0.25) is 0 Å². The third-order valence-electron chi connectivity index (χ3n) is 2.98. The summed E-state index contributed by atoms with van der Waals surface area (Å²) >= 11 is 2.94. The third kappa shape index (κ3) is 3.72. The number of thioether (sulfide) groups is 1. The number of benzene rings is 1. The summed E-state index contributed by atoms with van der Waals surface area (Å²) in [6.45, 7) is 1.98. The second kappa shape index (κ2) is 7.51. The van der Waals surface area contributed by atoms with Gasteiger partial charge in [-0.25, -0.2) is 4.98 Å². The van der Waals surface area contributed by atoms with Crippen LogP contribution in [0.1, 0.15) is 4.88 Å². The van der Waals surface area contributed by atoms with Crippen LogP contribution in [0.15, 0.2) is 18.2 Å². The zero-order chi connectivity index (χ0) is 16.1. The molecule has 22 heavy (non-hydrogen) atoms. The van der Waals surface area contributed by atoms with Crippen molar-refractivity contribution in [3.8, 4) is 22.8 Å². The molecular weight excluding hydrogens is 320 g/mol. The molecule has 0 spiro atoms. The lowest BCUT2D eigenvalue weighted by Gasteiger charge is -2.08. The number of aromatic nitrogens is 1. The van der Waals surface area contributed by atoms with Gasteiger partial charge in [0, 0.05) is 10.4 Å². The Morgan fingerprint density at radius 2 is 2.05 bits per heavy atom. The van der Waals surface area contributed by atoms with Crippen LogP contribution in [0, 0.1) is 6.92 Å². The molecule has 1 heterocycles. The predicted molar refractivity (Wildman–Crippen MR) is 92.4 cm³/mol. The number of carbonyl (C=O) groups is 1. The third-order valence-corrected chi connectivity index (χ3v) is 4.41. The van der Waals surface area contributed by atoms with E-state index in [0.717, 1.165) is 16.1 Å². The van der Waals surface area contributed by atoms with Crippen LogP contribution < -0.4 is 14.8 Å². The van der Waals surface area contributed by atoms with Crippen LogP contribution in [0.4, 0.5) is 5.13 Å². The largest absolute Gasteiger partial charge is 0.493 e. The first-order valence-electron chi connectivity index (χ1n) is 6.57. The van der Waals surface area contributed by atoms with Gasteiger partial charge >= 0.3 is 0 Å². The van der Waals surface area contributed by atoms with Gasteiger partial charge < -0.3 is 14.8 Å². The first-order chi connectivity index (χ1) is 10.6. The number of hydrogen-bond acceptors (Lipinski definition) is 6. The average molecular weight is 338 g/mol. The maximum Gasteiger partial charge on any atom is 0.236 e. The first-order valence-corrected chi connectivity index (χ1v) is 8.78. The van der Waals surface area contributed by atoms with Crippen molar-refractivity contribution in [1.29, 1.82) is 0 Å². The van der Waals surface area contributed by atoms with Crippen molar-refractivity contribution in [2.45, 2.75) is 6.92 Å². The van der Waals surface area contributed by atoms with Crippen molar-refractivity contribution in [1.82, 2.24) is 4.98 Å². The Morgan fingerprint density at radius 3 is 2.68 bits per heavy atom. The predicted octanol–water partition coefficient (Wildman–Crippen LogP) is 3.44. The summed E-state index contributed by atoms with van der Waals surface area (Å²) in [5, 5.41) is 3.43. The molecule has 7 heteroatoms. The van der Waals surface area contributed by atoms with Crippen molar-refractivity contribution >= 4 is 34.1 Å². The normalized spacial score (nSPS) is 10.4. The molecule has 1 N–H and O–H groups in total. The summed E-state index contributed by atoms with van der Waals surface area (Å²) in [4.78, 5) is 17.2. The number of carbonyl (C=O) groups excluding carboxylic acids is 1. The Morgan fingerprint density at radius 1 is 1.32 bits per heavy atom. The number of rotatable bonds is 6. The summed E-state index contributed by atoms with van der Waals surface area (Å²) in [5.41, 5.74) is 1.77. The zero-order valence-electron chi connectivity index (χ0n) is 12.9. The Hall–Kier alpha value is -1.73. The van der Waals surface area contributed by atoms with Crippen molar-refractivity contribution in [3.63, 3.8) is 0 Å². The van der Waals surface area contributed by atoms with Crippen molar-refractivity contribution in [2.75, 3.05) is 31.5 Å². The smallest absolute Gasteiger partial charge is 0.236 e. The highest BCUT2D eigenvalue weighted by molar-refractivity contribution is 7.99. The van der Waals surface area contributed by atoms with Crippen molar-refractivity contribution in [3.05, 3.63) is 23.1 Å². The summed E-state index contributed by atoms with van der Waals surface area (Å²) in [5.74, 6) is 1.71. The van der Waals surface area contributed by atoms with Crippen LogP contribution >= 0.6 is 23.1 Å². The molecule has 1 aromatic carbocycles. The van der Waals surface area contributed by atoms with Gasteiger partial charge in [-0.1, -0.05) is 0 Å². The van der Waals surface area contributed by atoms with Crippen molar-refractivity contribution in [2.24, 2.45) is 0 Å². The lowest BCUT2D eigenvalue weighted by Crippen LogP contribution is -2.13. The van der Waals surface area contributed by atoms with Crippen LogP contribution in [-0.2, 0) is 4.79 Å². The minimum absolute atomic E-state index is 0.0416. The highest BCUT2D eigenvalue weighted by Gasteiger charge is 2.14.